The number of aromatic hydroxyl groups is 1. The van der Waals surface area contributed by atoms with Gasteiger partial charge in [-0.05, 0) is 62.6 Å². The summed E-state index contributed by atoms with van der Waals surface area (Å²) in [5.41, 5.74) is 1.25. The second kappa shape index (κ2) is 6.84. The van der Waals surface area contributed by atoms with Crippen molar-refractivity contribution >= 4 is 11.9 Å². The Morgan fingerprint density at radius 1 is 1.25 bits per heavy atom. The molecule has 0 unspecified atom stereocenters. The van der Waals surface area contributed by atoms with Crippen molar-refractivity contribution in [1.82, 2.24) is 15.5 Å². The maximum absolute atomic E-state index is 12.6. The molecule has 2 bridgehead atoms. The normalized spacial score (nSPS) is 36.8. The Balaban J connectivity index is 1.52. The van der Waals surface area contributed by atoms with Crippen LogP contribution in [0.3, 0.4) is 0 Å². The molecule has 5 atom stereocenters. The van der Waals surface area contributed by atoms with Crippen molar-refractivity contribution in [2.45, 2.75) is 74.6 Å². The Hall–Kier alpha value is -2.32. The average Bonchev–Trinajstić information content (AvgIpc) is 3.47. The van der Waals surface area contributed by atoms with Gasteiger partial charge < -0.3 is 25.6 Å². The van der Waals surface area contributed by atoms with Crippen LogP contribution in [0.25, 0.3) is 0 Å². The number of rotatable bonds is 6. The van der Waals surface area contributed by atoms with Crippen LogP contribution in [0.4, 0.5) is 0 Å². The molecular formula is C24H31N3O5. The second-order valence-corrected chi connectivity index (χ2v) is 10.4. The zero-order chi connectivity index (χ0) is 22.3. The van der Waals surface area contributed by atoms with Crippen LogP contribution in [-0.2, 0) is 21.4 Å². The highest BCUT2D eigenvalue weighted by Gasteiger charge is 2.73. The Bertz CT molecular complexity index is 994. The second-order valence-electron chi connectivity index (χ2n) is 10.4. The van der Waals surface area contributed by atoms with Crippen molar-refractivity contribution in [1.29, 1.82) is 0 Å². The first kappa shape index (κ1) is 20.3. The average molecular weight is 442 g/mol. The number of ether oxygens (including phenoxy) is 1. The summed E-state index contributed by atoms with van der Waals surface area (Å²) in [4.78, 5) is 26.5. The lowest BCUT2D eigenvalue weighted by Gasteiger charge is -2.66. The summed E-state index contributed by atoms with van der Waals surface area (Å²) < 4.78 is 6.51. The summed E-state index contributed by atoms with van der Waals surface area (Å²) in [5.74, 6) is 0.455. The summed E-state index contributed by atoms with van der Waals surface area (Å²) >= 11 is 0. The Kier molecular flexibility index (Phi) is 4.34. The molecule has 2 saturated carbocycles. The van der Waals surface area contributed by atoms with Crippen LogP contribution in [0.1, 0.15) is 50.2 Å². The van der Waals surface area contributed by atoms with E-state index in [2.05, 4.69) is 15.5 Å². The van der Waals surface area contributed by atoms with Crippen LogP contribution in [0.5, 0.6) is 11.5 Å². The number of hydrogen-bond acceptors (Lipinski definition) is 6. The molecular weight excluding hydrogens is 410 g/mol. The molecule has 6 rings (SSSR count). The number of amides is 1. The van der Waals surface area contributed by atoms with Crippen molar-refractivity contribution in [3.63, 3.8) is 0 Å². The third-order valence-corrected chi connectivity index (χ3v) is 8.73. The van der Waals surface area contributed by atoms with Gasteiger partial charge >= 0.3 is 5.97 Å². The van der Waals surface area contributed by atoms with Crippen LogP contribution in [0.15, 0.2) is 12.1 Å². The number of phenols is 1. The molecule has 8 nitrogen and oxygen atoms in total. The van der Waals surface area contributed by atoms with E-state index in [0.29, 0.717) is 12.2 Å². The molecule has 4 N–H and O–H groups in total. The van der Waals surface area contributed by atoms with Gasteiger partial charge in [-0.15, -0.1) is 0 Å². The lowest BCUT2D eigenvalue weighted by molar-refractivity contribution is -0.138. The van der Waals surface area contributed by atoms with Gasteiger partial charge in [-0.2, -0.15) is 0 Å². The SMILES string of the molecule is CC(=O)N[C@@]12CC[C@@H](NCC(=O)O)[C@@H]3Oc4c(O)ccc5c4[C@@]31CCN(CC1CC1)[C@@H]2C5. The number of aliphatic carboxylic acids is 1. The summed E-state index contributed by atoms with van der Waals surface area (Å²) in [6, 6.07) is 3.73. The van der Waals surface area contributed by atoms with E-state index in [1.54, 1.807) is 13.0 Å². The highest BCUT2D eigenvalue weighted by Crippen LogP contribution is 2.65. The van der Waals surface area contributed by atoms with E-state index in [1.165, 1.54) is 18.4 Å². The van der Waals surface area contributed by atoms with Crippen molar-refractivity contribution in [2.24, 2.45) is 5.92 Å². The molecule has 2 heterocycles. The number of carbonyl (C=O) groups excluding carboxylic acids is 1. The molecule has 1 aromatic rings. The molecule has 1 aromatic carbocycles. The van der Waals surface area contributed by atoms with Crippen LogP contribution < -0.4 is 15.4 Å². The molecule has 1 saturated heterocycles. The number of likely N-dealkylation sites (tertiary alicyclic amines) is 1. The van der Waals surface area contributed by atoms with Crippen molar-refractivity contribution in [3.05, 3.63) is 23.3 Å². The quantitative estimate of drug-likeness (QED) is 0.524. The molecule has 8 heteroatoms. The highest BCUT2D eigenvalue weighted by atomic mass is 16.5. The molecule has 3 fully saturated rings. The van der Waals surface area contributed by atoms with E-state index >= 15 is 0 Å². The van der Waals surface area contributed by atoms with Gasteiger partial charge in [0, 0.05) is 31.1 Å². The minimum Gasteiger partial charge on any atom is -0.504 e. The first-order valence-corrected chi connectivity index (χ1v) is 11.9. The van der Waals surface area contributed by atoms with Gasteiger partial charge in [0.25, 0.3) is 0 Å². The van der Waals surface area contributed by atoms with Gasteiger partial charge in [-0.25, -0.2) is 0 Å². The number of piperidine rings is 1. The molecule has 172 valence electrons. The number of nitrogens with one attached hydrogen (secondary N) is 2. The van der Waals surface area contributed by atoms with Crippen molar-refractivity contribution < 1.29 is 24.5 Å². The van der Waals surface area contributed by atoms with E-state index in [0.717, 1.165) is 43.8 Å². The third-order valence-electron chi connectivity index (χ3n) is 8.73. The lowest BCUT2D eigenvalue weighted by Crippen LogP contribution is -2.83. The molecule has 1 spiro atoms. The molecule has 0 radical (unpaired) electrons. The third kappa shape index (κ3) is 2.62. The first-order chi connectivity index (χ1) is 15.4. The topological polar surface area (TPSA) is 111 Å². The number of benzene rings is 1. The predicted molar refractivity (Wildman–Crippen MR) is 116 cm³/mol. The number of carbonyl (C=O) groups is 2. The minimum atomic E-state index is -0.902. The van der Waals surface area contributed by atoms with E-state index in [1.807, 2.05) is 6.07 Å². The number of carboxylic acid groups (broad SMARTS) is 1. The van der Waals surface area contributed by atoms with Crippen LogP contribution >= 0.6 is 0 Å². The van der Waals surface area contributed by atoms with E-state index in [-0.39, 0.29) is 36.4 Å². The molecule has 3 aliphatic carbocycles. The Morgan fingerprint density at radius 3 is 2.78 bits per heavy atom. The smallest absolute Gasteiger partial charge is 0.317 e. The number of hydrogen-bond donors (Lipinski definition) is 4. The minimum absolute atomic E-state index is 0.0459. The van der Waals surface area contributed by atoms with Gasteiger partial charge in [0.1, 0.15) is 6.10 Å². The number of carboxylic acids is 1. The molecule has 1 amide bonds. The standard InChI is InChI=1S/C24H31N3O5/c1-13(28)26-24-7-6-16(25-11-19(30)31)22-23(24)8-9-27(12-14-2-3-14)18(24)10-15-4-5-17(29)21(32-22)20(15)23/h4-5,14,16,18,22,25,29H,2-3,6-12H2,1H3,(H,26,28)(H,30,31)/t16-,18-,22+,23+,24-/m1/s1. The van der Waals surface area contributed by atoms with E-state index in [4.69, 9.17) is 4.74 Å². The fourth-order valence-corrected chi connectivity index (χ4v) is 7.52. The first-order valence-electron chi connectivity index (χ1n) is 11.9. The number of nitrogens with zero attached hydrogens (tertiary/aromatic N) is 1. The van der Waals surface area contributed by atoms with Crippen molar-refractivity contribution in [2.75, 3.05) is 19.6 Å². The van der Waals surface area contributed by atoms with Gasteiger partial charge in [0.05, 0.1) is 17.5 Å². The largest absolute Gasteiger partial charge is 0.504 e. The van der Waals surface area contributed by atoms with Gasteiger partial charge in [-0.3, -0.25) is 14.5 Å². The highest BCUT2D eigenvalue weighted by molar-refractivity contribution is 5.76. The Morgan fingerprint density at radius 2 is 2.06 bits per heavy atom. The zero-order valence-corrected chi connectivity index (χ0v) is 18.4. The molecule has 0 aromatic heterocycles. The van der Waals surface area contributed by atoms with Crippen molar-refractivity contribution in [3.8, 4) is 11.5 Å². The van der Waals surface area contributed by atoms with Crippen LogP contribution in [0, 0.1) is 5.92 Å². The lowest BCUT2D eigenvalue weighted by atomic mass is 9.46. The van der Waals surface area contributed by atoms with E-state index < -0.39 is 16.9 Å². The maximum atomic E-state index is 12.6. The van der Waals surface area contributed by atoms with Gasteiger partial charge in [-0.1, -0.05) is 6.07 Å². The van der Waals surface area contributed by atoms with Crippen LogP contribution in [-0.4, -0.2) is 70.4 Å². The monoisotopic (exact) mass is 441 g/mol. The summed E-state index contributed by atoms with van der Waals surface area (Å²) in [6.07, 6.45) is 5.32. The summed E-state index contributed by atoms with van der Waals surface area (Å²) in [7, 11) is 0. The molecule has 2 aliphatic heterocycles. The summed E-state index contributed by atoms with van der Waals surface area (Å²) in [5, 5.41) is 26.6. The number of phenolic OH excluding ortho intramolecular Hbond substituents is 1. The maximum Gasteiger partial charge on any atom is 0.317 e. The van der Waals surface area contributed by atoms with Gasteiger partial charge in [0.2, 0.25) is 5.91 Å². The van der Waals surface area contributed by atoms with E-state index in [9.17, 15) is 19.8 Å². The summed E-state index contributed by atoms with van der Waals surface area (Å²) in [6.45, 7) is 3.43. The molecule has 32 heavy (non-hydrogen) atoms. The fraction of sp³-hybridized carbons (Fsp3) is 0.667. The predicted octanol–water partition coefficient (Wildman–Crippen LogP) is 1.14. The van der Waals surface area contributed by atoms with Gasteiger partial charge in [0.15, 0.2) is 11.5 Å². The molecule has 5 aliphatic rings. The fourth-order valence-electron chi connectivity index (χ4n) is 7.52. The zero-order valence-electron chi connectivity index (χ0n) is 18.4. The Labute approximate surface area is 187 Å². The van der Waals surface area contributed by atoms with Crippen LogP contribution in [0.2, 0.25) is 0 Å².